The molecule has 0 radical (unpaired) electrons. The Morgan fingerprint density at radius 1 is 1.00 bits per heavy atom. The van der Waals surface area contributed by atoms with Crippen LogP contribution in [-0.2, 0) is 0 Å². The predicted molar refractivity (Wildman–Crippen MR) is 135 cm³/mol. The van der Waals surface area contributed by atoms with E-state index in [2.05, 4.69) is 15.5 Å². The number of rotatable bonds is 7. The van der Waals surface area contributed by atoms with E-state index in [9.17, 15) is 4.79 Å². The normalized spacial score (nSPS) is 11.1. The Labute approximate surface area is 201 Å². The number of ether oxygens (including phenoxy) is 2. The van der Waals surface area contributed by atoms with E-state index in [0.717, 1.165) is 27.7 Å². The van der Waals surface area contributed by atoms with Crippen LogP contribution in [0.25, 0.3) is 27.8 Å². The van der Waals surface area contributed by atoms with Gasteiger partial charge in [0, 0.05) is 34.4 Å². The number of carbonyl (C=O) groups is 1. The molecule has 8 nitrogen and oxygen atoms in total. The average Bonchev–Trinajstić information content (AvgIpc) is 3.53. The topological polar surface area (TPSA) is 93.5 Å². The number of hydrogen-bond donors (Lipinski definition) is 2. The number of nitrogens with zero attached hydrogens (tertiary/aromatic N) is 3. The van der Waals surface area contributed by atoms with Crippen molar-refractivity contribution in [3.63, 3.8) is 0 Å². The van der Waals surface area contributed by atoms with Crippen LogP contribution in [0.5, 0.6) is 11.5 Å². The minimum absolute atomic E-state index is 0.304. The molecule has 0 saturated carbocycles. The van der Waals surface area contributed by atoms with Crippen molar-refractivity contribution >= 4 is 23.0 Å². The van der Waals surface area contributed by atoms with Crippen molar-refractivity contribution in [1.29, 1.82) is 0 Å². The van der Waals surface area contributed by atoms with Gasteiger partial charge in [0.15, 0.2) is 11.5 Å². The third kappa shape index (κ3) is 4.37. The summed E-state index contributed by atoms with van der Waals surface area (Å²) < 4.78 is 12.6. The molecule has 0 atom stereocenters. The molecule has 2 aromatic heterocycles. The number of aromatic nitrogens is 3. The van der Waals surface area contributed by atoms with Gasteiger partial charge in [0.2, 0.25) is 0 Å². The zero-order chi connectivity index (χ0) is 24.2. The fraction of sp³-hybridized carbons (Fsp3) is 0.0741. The molecule has 0 bridgehead atoms. The fourth-order valence-electron chi connectivity index (χ4n) is 3.88. The van der Waals surface area contributed by atoms with Crippen molar-refractivity contribution in [2.45, 2.75) is 0 Å². The number of aromatic amines is 1. The van der Waals surface area contributed by atoms with Crippen molar-refractivity contribution in [2.75, 3.05) is 14.2 Å². The zero-order valence-electron chi connectivity index (χ0n) is 19.2. The van der Waals surface area contributed by atoms with Crippen molar-refractivity contribution in [3.05, 3.63) is 96.3 Å². The summed E-state index contributed by atoms with van der Waals surface area (Å²) in [6, 6.07) is 23.0. The van der Waals surface area contributed by atoms with Gasteiger partial charge in [-0.1, -0.05) is 36.4 Å². The maximum Gasteiger partial charge on any atom is 0.273 e. The van der Waals surface area contributed by atoms with E-state index in [1.165, 1.54) is 0 Å². The van der Waals surface area contributed by atoms with E-state index in [1.807, 2.05) is 79.0 Å². The van der Waals surface area contributed by atoms with E-state index in [1.54, 1.807) is 31.3 Å². The molecule has 0 spiro atoms. The Hall–Kier alpha value is -4.85. The molecule has 0 fully saturated rings. The van der Waals surface area contributed by atoms with Gasteiger partial charge >= 0.3 is 0 Å². The fourth-order valence-corrected chi connectivity index (χ4v) is 3.88. The number of hydrazone groups is 1. The molecular formula is C27H23N5O3. The number of H-pyrrole nitrogens is 1. The van der Waals surface area contributed by atoms with Crippen LogP contribution in [0.1, 0.15) is 15.9 Å². The highest BCUT2D eigenvalue weighted by atomic mass is 16.5. The minimum atomic E-state index is -0.304. The number of hydrogen-bond acceptors (Lipinski definition) is 5. The van der Waals surface area contributed by atoms with E-state index < -0.39 is 0 Å². The average molecular weight is 466 g/mol. The number of nitrogens with one attached hydrogen (secondary N) is 2. The molecule has 1 amide bonds. The Morgan fingerprint density at radius 2 is 1.77 bits per heavy atom. The summed E-state index contributed by atoms with van der Waals surface area (Å²) in [5.41, 5.74) is 7.16. The number of amides is 1. The summed E-state index contributed by atoms with van der Waals surface area (Å²) in [5, 5.41) is 9.84. The van der Waals surface area contributed by atoms with Gasteiger partial charge in [-0.25, -0.2) is 10.1 Å². The third-order valence-electron chi connectivity index (χ3n) is 5.62. The number of fused-ring (bicyclic) bond motifs is 1. The molecule has 0 saturated heterocycles. The summed E-state index contributed by atoms with van der Waals surface area (Å²) >= 11 is 0. The first-order valence-electron chi connectivity index (χ1n) is 10.9. The summed E-state index contributed by atoms with van der Waals surface area (Å²) in [6.45, 7) is 0. The molecule has 0 aliphatic heterocycles. The first kappa shape index (κ1) is 22.0. The number of benzene rings is 3. The van der Waals surface area contributed by atoms with Gasteiger partial charge in [0.1, 0.15) is 5.69 Å². The van der Waals surface area contributed by atoms with Gasteiger partial charge in [-0.2, -0.15) is 10.2 Å². The van der Waals surface area contributed by atoms with E-state index in [0.29, 0.717) is 22.8 Å². The lowest BCUT2D eigenvalue weighted by molar-refractivity contribution is 0.0957. The van der Waals surface area contributed by atoms with Crippen molar-refractivity contribution < 1.29 is 14.3 Å². The molecule has 35 heavy (non-hydrogen) atoms. The van der Waals surface area contributed by atoms with Crippen LogP contribution in [0, 0.1) is 0 Å². The highest BCUT2D eigenvalue weighted by Gasteiger charge is 2.15. The molecule has 174 valence electrons. The second-order valence-electron chi connectivity index (χ2n) is 7.73. The first-order chi connectivity index (χ1) is 17.2. The van der Waals surface area contributed by atoms with Crippen LogP contribution >= 0.6 is 0 Å². The summed E-state index contributed by atoms with van der Waals surface area (Å²) in [6.07, 6.45) is 5.13. The first-order valence-corrected chi connectivity index (χ1v) is 10.9. The van der Waals surface area contributed by atoms with Gasteiger partial charge in [0.25, 0.3) is 5.91 Å². The van der Waals surface area contributed by atoms with Crippen LogP contribution in [0.2, 0.25) is 0 Å². The van der Waals surface area contributed by atoms with Crippen LogP contribution in [0.15, 0.2) is 90.3 Å². The van der Waals surface area contributed by atoms with Gasteiger partial charge in [-0.15, -0.1) is 0 Å². The van der Waals surface area contributed by atoms with Gasteiger partial charge in [0.05, 0.1) is 31.7 Å². The number of methoxy groups -OCH3 is 2. The Morgan fingerprint density at radius 3 is 2.57 bits per heavy atom. The molecule has 2 N–H and O–H groups in total. The van der Waals surface area contributed by atoms with Gasteiger partial charge in [-0.05, 0) is 36.4 Å². The summed E-state index contributed by atoms with van der Waals surface area (Å²) in [5.74, 6) is 0.913. The maximum absolute atomic E-state index is 12.7. The van der Waals surface area contributed by atoms with Crippen molar-refractivity contribution in [1.82, 2.24) is 20.2 Å². The number of para-hydroxylation sites is 2. The second-order valence-corrected chi connectivity index (χ2v) is 7.73. The SMILES string of the molecule is COc1ccc(-c2nn(-c3ccccc3)cc2C=NNC(=O)c2c[nH]c3ccccc23)cc1OC. The van der Waals surface area contributed by atoms with Crippen LogP contribution in [0.4, 0.5) is 0 Å². The Bertz CT molecular complexity index is 1520. The molecule has 0 aliphatic rings. The van der Waals surface area contributed by atoms with E-state index in [4.69, 9.17) is 14.6 Å². The van der Waals surface area contributed by atoms with Crippen molar-refractivity contribution in [3.8, 4) is 28.4 Å². The lowest BCUT2D eigenvalue weighted by atomic mass is 10.1. The molecule has 3 aromatic carbocycles. The number of carbonyl (C=O) groups excluding carboxylic acids is 1. The monoisotopic (exact) mass is 465 g/mol. The summed E-state index contributed by atoms with van der Waals surface area (Å²) in [4.78, 5) is 15.9. The maximum atomic E-state index is 12.7. The highest BCUT2D eigenvalue weighted by molar-refractivity contribution is 6.07. The zero-order valence-corrected chi connectivity index (χ0v) is 19.2. The van der Waals surface area contributed by atoms with E-state index >= 15 is 0 Å². The molecular weight excluding hydrogens is 442 g/mol. The quantitative estimate of drug-likeness (QED) is 0.267. The van der Waals surface area contributed by atoms with Gasteiger partial charge < -0.3 is 14.5 Å². The third-order valence-corrected chi connectivity index (χ3v) is 5.62. The van der Waals surface area contributed by atoms with Crippen LogP contribution < -0.4 is 14.9 Å². The lowest BCUT2D eigenvalue weighted by Gasteiger charge is -2.09. The molecule has 0 aliphatic carbocycles. The second kappa shape index (κ2) is 9.56. The smallest absolute Gasteiger partial charge is 0.273 e. The minimum Gasteiger partial charge on any atom is -0.493 e. The predicted octanol–water partition coefficient (Wildman–Crippen LogP) is 4.80. The molecule has 0 unspecified atom stereocenters. The van der Waals surface area contributed by atoms with Crippen LogP contribution in [0.3, 0.4) is 0 Å². The van der Waals surface area contributed by atoms with E-state index in [-0.39, 0.29) is 5.91 Å². The Balaban J connectivity index is 1.48. The highest BCUT2D eigenvalue weighted by Crippen LogP contribution is 2.33. The standard InChI is InChI=1S/C27H23N5O3/c1-34-24-13-12-18(14-25(24)35-2)26-19(17-32(31-26)20-8-4-3-5-9-20)15-29-30-27(33)22-16-28-23-11-7-6-10-21(22)23/h3-17,28H,1-2H3,(H,30,33). The van der Waals surface area contributed by atoms with Crippen molar-refractivity contribution in [2.24, 2.45) is 5.10 Å². The summed E-state index contributed by atoms with van der Waals surface area (Å²) in [7, 11) is 3.18. The molecule has 2 heterocycles. The molecule has 5 rings (SSSR count). The largest absolute Gasteiger partial charge is 0.493 e. The molecule has 5 aromatic rings. The lowest BCUT2D eigenvalue weighted by Crippen LogP contribution is -2.17. The Kier molecular flexibility index (Phi) is 6.00. The van der Waals surface area contributed by atoms with Gasteiger partial charge in [-0.3, -0.25) is 4.79 Å². The molecule has 8 heteroatoms. The van der Waals surface area contributed by atoms with Crippen LogP contribution in [-0.4, -0.2) is 41.1 Å².